The number of para-hydroxylation sites is 1. The third-order valence-corrected chi connectivity index (χ3v) is 21.1. The molecule has 9 rings (SSSR count). The molecule has 0 unspecified atom stereocenters. The highest BCUT2D eigenvalue weighted by molar-refractivity contribution is 7.98. The van der Waals surface area contributed by atoms with Crippen LogP contribution in [0.15, 0.2) is 225 Å². The van der Waals surface area contributed by atoms with Crippen LogP contribution in [0.25, 0.3) is 10.9 Å². The standard InChI is InChI=1S/C92H111N13O12S/c1-60(2)53-75(86(113)99-73(63(6)106)50-52-118-10)100-87(114)77(55-71-56-94-59-105(71)92(68-39-23-14-24-40-68,69-41-25-15-26-42-69)70-43-27-16-28-44-70)98-81(109)57-95-88(115)82(61(3)4)102-83(110)62(5)96-85(112)76(54-64-58-104(89(116)117-90(7,8)9)78-46-30-29-45-72(64)78)101-84(111)74(97-79(107)47-31-32-51-93)48-49-80(108)103-91(65-33-17-11-18-34-65,66-35-19-12-20-36-66)67-37-21-13-22-38-67/h11-30,33-46,56,58-62,73-77,82H,31-32,47-55,57,93H2,1-10H3,(H,95,115)(H,96,112)(H,97,107)(H,98,109)(H,99,113)(H,100,114)(H,101,111)(H,102,110)(H,103,108)/t62-,73-,74-,75-,76-,77-,82-/m0/s1. The van der Waals surface area contributed by atoms with Crippen molar-refractivity contribution in [2.75, 3.05) is 25.1 Å². The molecular weight excluding hydrogens is 1510 g/mol. The molecule has 2 heterocycles. The third kappa shape index (κ3) is 23.6. The molecule has 9 aromatic rings. The molecule has 0 radical (unpaired) electrons. The first-order valence-corrected chi connectivity index (χ1v) is 41.5. The van der Waals surface area contributed by atoms with Crippen LogP contribution in [0.4, 0.5) is 4.79 Å². The Morgan fingerprint density at radius 3 is 1.47 bits per heavy atom. The highest BCUT2D eigenvalue weighted by atomic mass is 32.2. The van der Waals surface area contributed by atoms with Crippen LogP contribution in [-0.2, 0) is 76.6 Å². The Hall–Kier alpha value is -12.0. The SMILES string of the molecule is CSCC[C@H](NC(=O)[C@H](CC(C)C)NC(=O)[C@H](Cc1cncn1C(c1ccccc1)(c1ccccc1)c1ccccc1)NC(=O)CNC(=O)[C@@H](NC(=O)[C@H](C)NC(=O)[C@H](Cc1cn(C(=O)OC(C)(C)C)c2ccccc12)NC(=O)[C@H](CCC(=O)NC(c1ccccc1)(c1ccccc1)c1ccccc1)NC(=O)CCCCN)C(C)C)C(C)=O. The number of unbranched alkanes of at least 4 members (excludes halogenated alkanes) is 1. The van der Waals surface area contributed by atoms with Crippen LogP contribution in [0.3, 0.4) is 0 Å². The van der Waals surface area contributed by atoms with Crippen molar-refractivity contribution in [2.24, 2.45) is 17.6 Å². The number of thioether (sulfide) groups is 1. The summed E-state index contributed by atoms with van der Waals surface area (Å²) in [5, 5.41) is 26.2. The second-order valence-corrected chi connectivity index (χ2v) is 32.3. The molecule has 0 saturated heterocycles. The van der Waals surface area contributed by atoms with Crippen molar-refractivity contribution in [2.45, 2.75) is 179 Å². The molecule has 11 N–H and O–H groups in total. The van der Waals surface area contributed by atoms with E-state index in [1.165, 1.54) is 36.4 Å². The zero-order chi connectivity index (χ0) is 85.1. The van der Waals surface area contributed by atoms with Crippen LogP contribution in [0, 0.1) is 11.8 Å². The topological polar surface area (TPSA) is 354 Å². The number of carbonyl (C=O) groups is 11. The van der Waals surface area contributed by atoms with Crippen molar-refractivity contribution in [3.05, 3.63) is 270 Å². The summed E-state index contributed by atoms with van der Waals surface area (Å²) >= 11 is 1.52. The summed E-state index contributed by atoms with van der Waals surface area (Å²) in [6, 6.07) is 55.3. The van der Waals surface area contributed by atoms with Crippen molar-refractivity contribution in [1.29, 1.82) is 0 Å². The Bertz CT molecular complexity index is 4670. The van der Waals surface area contributed by atoms with Crippen LogP contribution in [0.2, 0.25) is 0 Å². The minimum absolute atomic E-state index is 0.0171. The first kappa shape index (κ1) is 89.9. The minimum Gasteiger partial charge on any atom is -0.443 e. The molecule has 0 aliphatic heterocycles. The Morgan fingerprint density at radius 1 is 0.492 bits per heavy atom. The number of nitrogens with zero attached hydrogens (tertiary/aromatic N) is 3. The molecule has 7 aromatic carbocycles. The van der Waals surface area contributed by atoms with E-state index in [-0.39, 0.29) is 50.2 Å². The molecular formula is C92H111N13O12S. The van der Waals surface area contributed by atoms with Crippen molar-refractivity contribution >= 4 is 87.7 Å². The average molecular weight is 1620 g/mol. The summed E-state index contributed by atoms with van der Waals surface area (Å²) in [4.78, 5) is 164. The Labute approximate surface area is 694 Å². The summed E-state index contributed by atoms with van der Waals surface area (Å²) in [5.41, 5.74) is 8.64. The number of benzene rings is 7. The summed E-state index contributed by atoms with van der Waals surface area (Å²) in [6.45, 7) is 14.6. The van der Waals surface area contributed by atoms with Crippen molar-refractivity contribution in [3.8, 4) is 0 Å². The number of imidazole rings is 1. The fraction of sp³-hybridized carbons (Fsp3) is 0.370. The zero-order valence-corrected chi connectivity index (χ0v) is 69.6. The van der Waals surface area contributed by atoms with Crippen LogP contribution in [0.5, 0.6) is 0 Å². The number of nitrogens with two attached hydrogens (primary N) is 1. The summed E-state index contributed by atoms with van der Waals surface area (Å²) in [5.74, 6) is -7.04. The van der Waals surface area contributed by atoms with Gasteiger partial charge in [-0.05, 0) is 142 Å². The fourth-order valence-corrected chi connectivity index (χ4v) is 15.1. The van der Waals surface area contributed by atoms with Gasteiger partial charge in [0.05, 0.1) is 24.4 Å². The van der Waals surface area contributed by atoms with Gasteiger partial charge in [-0.15, -0.1) is 0 Å². The van der Waals surface area contributed by atoms with E-state index < -0.39 is 131 Å². The molecule has 9 amide bonds. The van der Waals surface area contributed by atoms with Crippen molar-refractivity contribution in [1.82, 2.24) is 62.0 Å². The second-order valence-electron chi connectivity index (χ2n) is 31.3. The molecule has 0 aliphatic carbocycles. The smallest absolute Gasteiger partial charge is 0.419 e. The minimum atomic E-state index is -1.56. The molecule has 26 heteroatoms. The molecule has 0 fully saturated rings. The Morgan fingerprint density at radius 2 is 0.966 bits per heavy atom. The number of carbonyl (C=O) groups excluding carboxylic acids is 11. The number of fused-ring (bicyclic) bond motifs is 1. The summed E-state index contributed by atoms with van der Waals surface area (Å²) in [7, 11) is 0. The maximum absolute atomic E-state index is 15.2. The molecule has 25 nitrogen and oxygen atoms in total. The normalized spacial score (nSPS) is 13.4. The number of hydrogen-bond acceptors (Lipinski definition) is 15. The number of hydrogen-bond donors (Lipinski definition) is 10. The van der Waals surface area contributed by atoms with Crippen LogP contribution >= 0.6 is 11.8 Å². The molecule has 0 bridgehead atoms. The van der Waals surface area contributed by atoms with E-state index in [1.807, 2.05) is 207 Å². The maximum atomic E-state index is 15.2. The lowest BCUT2D eigenvalue weighted by molar-refractivity contribution is -0.135. The van der Waals surface area contributed by atoms with Gasteiger partial charge in [-0.25, -0.2) is 9.78 Å². The molecule has 622 valence electrons. The molecule has 2 aromatic heterocycles. The number of Topliss-reactive ketones (excluding diaryl/α,β-unsaturated/α-hetero) is 1. The molecule has 7 atom stereocenters. The van der Waals surface area contributed by atoms with Gasteiger partial charge in [-0.3, -0.25) is 52.5 Å². The van der Waals surface area contributed by atoms with Crippen molar-refractivity contribution < 1.29 is 57.5 Å². The lowest BCUT2D eigenvalue weighted by Crippen LogP contribution is -2.59. The monoisotopic (exact) mass is 1620 g/mol. The van der Waals surface area contributed by atoms with Crippen LogP contribution < -0.4 is 53.6 Å². The summed E-state index contributed by atoms with van der Waals surface area (Å²) in [6.07, 6.45) is 6.25. The molecule has 0 saturated carbocycles. The number of ether oxygens (including phenoxy) is 1. The van der Waals surface area contributed by atoms with Gasteiger partial charge >= 0.3 is 6.09 Å². The number of ketones is 1. The van der Waals surface area contributed by atoms with E-state index >= 15 is 14.4 Å². The van der Waals surface area contributed by atoms with Crippen LogP contribution in [-0.4, -0.2) is 152 Å². The van der Waals surface area contributed by atoms with Gasteiger partial charge in [-0.1, -0.05) is 228 Å². The molecule has 0 spiro atoms. The van der Waals surface area contributed by atoms with Gasteiger partial charge in [-0.2, -0.15) is 11.8 Å². The number of aromatic nitrogens is 3. The van der Waals surface area contributed by atoms with Gasteiger partial charge < -0.3 is 62.9 Å². The first-order chi connectivity index (χ1) is 56.6. The average Bonchev–Trinajstić information content (AvgIpc) is 1.36. The lowest BCUT2D eigenvalue weighted by atomic mass is 9.76. The van der Waals surface area contributed by atoms with Gasteiger partial charge in [0.25, 0.3) is 0 Å². The molecule has 0 aliphatic rings. The van der Waals surface area contributed by atoms with E-state index in [0.29, 0.717) is 53.7 Å². The first-order valence-electron chi connectivity index (χ1n) is 40.1. The van der Waals surface area contributed by atoms with Gasteiger partial charge in [0.2, 0.25) is 53.2 Å². The largest absolute Gasteiger partial charge is 0.443 e. The maximum Gasteiger partial charge on any atom is 0.419 e. The lowest BCUT2D eigenvalue weighted by Gasteiger charge is -2.39. The summed E-state index contributed by atoms with van der Waals surface area (Å²) < 4.78 is 9.04. The fourth-order valence-electron chi connectivity index (χ4n) is 14.6. The van der Waals surface area contributed by atoms with Gasteiger partial charge in [0.15, 0.2) is 5.78 Å². The van der Waals surface area contributed by atoms with E-state index in [2.05, 4.69) is 52.8 Å². The second kappa shape index (κ2) is 42.7. The number of amides is 9. The van der Waals surface area contributed by atoms with Crippen molar-refractivity contribution in [3.63, 3.8) is 0 Å². The predicted octanol–water partition coefficient (Wildman–Crippen LogP) is 9.84. The predicted molar refractivity (Wildman–Crippen MR) is 457 cm³/mol. The Kier molecular flexibility index (Phi) is 32.5. The highest BCUT2D eigenvalue weighted by Crippen LogP contribution is 2.42. The zero-order valence-electron chi connectivity index (χ0n) is 68.8. The van der Waals surface area contributed by atoms with Crippen LogP contribution in [0.1, 0.15) is 152 Å². The van der Waals surface area contributed by atoms with E-state index in [0.717, 1.165) is 33.4 Å². The van der Waals surface area contributed by atoms with E-state index in [1.54, 1.807) is 71.4 Å². The number of rotatable bonds is 41. The quantitative estimate of drug-likeness (QED) is 0.0126. The van der Waals surface area contributed by atoms with Gasteiger partial charge in [0.1, 0.15) is 52.9 Å². The Balaban J connectivity index is 0.977. The third-order valence-electron chi connectivity index (χ3n) is 20.5. The van der Waals surface area contributed by atoms with Gasteiger partial charge in [0, 0.05) is 49.2 Å². The van der Waals surface area contributed by atoms with E-state index in [9.17, 15) is 38.4 Å². The van der Waals surface area contributed by atoms with E-state index in [4.69, 9.17) is 10.5 Å². The molecule has 118 heavy (non-hydrogen) atoms. The number of nitrogens with one attached hydrogen (secondary N) is 9. The highest BCUT2D eigenvalue weighted by Gasteiger charge is 2.43.